The van der Waals surface area contributed by atoms with Crippen LogP contribution in [-0.4, -0.2) is 93.8 Å². The Morgan fingerprint density at radius 2 is 1.61 bits per heavy atom. The molecule has 1 unspecified atom stereocenters. The van der Waals surface area contributed by atoms with Crippen LogP contribution in [0.3, 0.4) is 0 Å². The fourth-order valence-corrected chi connectivity index (χ4v) is 11.3. The van der Waals surface area contributed by atoms with Crippen molar-refractivity contribution in [1.82, 2.24) is 20.5 Å². The summed E-state index contributed by atoms with van der Waals surface area (Å²) in [4.78, 5) is 62.9. The number of nitrogens with one attached hydrogen (secondary N) is 2. The number of hydrogen-bond donors (Lipinski definition) is 3. The number of rotatable bonds is 15. The van der Waals surface area contributed by atoms with Gasteiger partial charge in [-0.25, -0.2) is 4.98 Å². The summed E-state index contributed by atoms with van der Waals surface area (Å²) in [5, 5.41) is 25.8. The minimum atomic E-state index is -4.80. The van der Waals surface area contributed by atoms with Gasteiger partial charge in [-0.3, -0.25) is 24.1 Å². The summed E-state index contributed by atoms with van der Waals surface area (Å²) in [6, 6.07) is 16.9. The number of aromatic nitrogens is 1. The monoisotopic (exact) mass is 1010 g/mol. The van der Waals surface area contributed by atoms with E-state index >= 15 is 0 Å². The number of alkyl halides is 3. The van der Waals surface area contributed by atoms with E-state index in [-0.39, 0.29) is 35.8 Å². The number of hydrogen-bond acceptors (Lipinski definition) is 11. The number of benzene rings is 3. The summed E-state index contributed by atoms with van der Waals surface area (Å²) < 4.78 is 58.8. The molecule has 3 heterocycles. The van der Waals surface area contributed by atoms with Crippen LogP contribution in [0.25, 0.3) is 11.3 Å². The Balaban J connectivity index is 0.764. The number of carbonyl (C=O) groups is 4. The zero-order valence-electron chi connectivity index (χ0n) is 41.3. The third-order valence-corrected chi connectivity index (χ3v) is 14.8. The average Bonchev–Trinajstić information content (AvgIpc) is 3.96. The van der Waals surface area contributed by atoms with Gasteiger partial charge in [0.25, 0.3) is 5.91 Å². The minimum absolute atomic E-state index is 0.00677. The summed E-state index contributed by atoms with van der Waals surface area (Å²) >= 11 is 5.66. The number of amides is 4. The molecule has 3 N–H and O–H groups in total. The van der Waals surface area contributed by atoms with E-state index in [0.717, 1.165) is 59.5 Å². The van der Waals surface area contributed by atoms with Crippen molar-refractivity contribution < 1.29 is 51.3 Å². The van der Waals surface area contributed by atoms with Crippen LogP contribution in [0.15, 0.2) is 77.5 Å². The van der Waals surface area contributed by atoms with Gasteiger partial charge in [-0.2, -0.15) is 18.4 Å². The lowest BCUT2D eigenvalue weighted by Crippen LogP contribution is -2.58. The maximum absolute atomic E-state index is 14.1. The number of aliphatic hydroxyl groups is 1. The van der Waals surface area contributed by atoms with Gasteiger partial charge in [0.15, 0.2) is 17.3 Å². The van der Waals surface area contributed by atoms with Gasteiger partial charge in [0.05, 0.1) is 53.9 Å². The van der Waals surface area contributed by atoms with Crippen LogP contribution >= 0.6 is 12.2 Å². The van der Waals surface area contributed by atoms with Crippen molar-refractivity contribution in [2.75, 3.05) is 36.2 Å². The SMILES string of the molecule is Cc1ncoc1-c1ccc([C@H](C)NC(=O)[C@@H]2C[C@@H](O)CN2C(=O)C(NC(=O)COCC2CC3(C2)CC(COc2ccc(N4C(=S)N(c5ccc(C#N)c(C(F)(F)F)c5)C(=O)C4(C)C)cc2)C3)C(C)(C)C)cc1. The number of aryl methyl sites for hydroxylation is 1. The Bertz CT molecular complexity index is 2750. The van der Waals surface area contributed by atoms with Crippen LogP contribution in [0.2, 0.25) is 0 Å². The van der Waals surface area contributed by atoms with Crippen molar-refractivity contribution in [3.8, 4) is 23.1 Å². The molecule has 4 fully saturated rings. The van der Waals surface area contributed by atoms with E-state index in [1.54, 1.807) is 49.1 Å². The average molecular weight is 1010 g/mol. The molecule has 8 rings (SSSR count). The summed E-state index contributed by atoms with van der Waals surface area (Å²) in [5.41, 5.74) is -0.481. The molecule has 4 aliphatic rings. The molecule has 3 aromatic carbocycles. The number of aliphatic hydroxyl groups excluding tert-OH is 1. The van der Waals surface area contributed by atoms with E-state index in [1.165, 1.54) is 17.4 Å². The summed E-state index contributed by atoms with van der Waals surface area (Å²) in [5.74, 6) is 0.125. The molecule has 4 atom stereocenters. The third-order valence-electron chi connectivity index (χ3n) is 14.5. The molecule has 0 radical (unpaired) electrons. The van der Waals surface area contributed by atoms with Crippen molar-refractivity contribution in [2.24, 2.45) is 22.7 Å². The molecule has 2 aliphatic carbocycles. The van der Waals surface area contributed by atoms with E-state index in [0.29, 0.717) is 42.2 Å². The molecule has 1 aromatic heterocycles. The molecule has 19 heteroatoms. The molecule has 4 aromatic rings. The van der Waals surface area contributed by atoms with Crippen LogP contribution in [0.5, 0.6) is 5.75 Å². The number of likely N-dealkylation sites (tertiary alicyclic amines) is 1. The second-order valence-corrected chi connectivity index (χ2v) is 21.8. The van der Waals surface area contributed by atoms with Gasteiger partial charge in [-0.1, -0.05) is 45.0 Å². The van der Waals surface area contributed by atoms with Crippen LogP contribution in [-0.2, 0) is 30.1 Å². The lowest BCUT2D eigenvalue weighted by Gasteiger charge is -2.57. The molecule has 15 nitrogen and oxygen atoms in total. The van der Waals surface area contributed by atoms with Crippen LogP contribution < -0.4 is 25.2 Å². The number of nitrogens with zero attached hydrogens (tertiary/aromatic N) is 5. The first-order chi connectivity index (χ1) is 33.9. The highest BCUT2D eigenvalue weighted by Gasteiger charge is 2.53. The molecule has 4 amide bonds. The topological polar surface area (TPSA) is 191 Å². The fourth-order valence-electron chi connectivity index (χ4n) is 10.8. The van der Waals surface area contributed by atoms with Crippen molar-refractivity contribution in [1.29, 1.82) is 5.26 Å². The second kappa shape index (κ2) is 19.9. The lowest BCUT2D eigenvalue weighted by atomic mass is 9.48. The van der Waals surface area contributed by atoms with Crippen molar-refractivity contribution in [3.05, 3.63) is 95.5 Å². The van der Waals surface area contributed by atoms with E-state index in [1.807, 2.05) is 58.9 Å². The summed E-state index contributed by atoms with van der Waals surface area (Å²) in [6.07, 6.45) is -0.309. The Morgan fingerprint density at radius 1 is 0.972 bits per heavy atom. The van der Waals surface area contributed by atoms with Crippen molar-refractivity contribution in [3.63, 3.8) is 0 Å². The van der Waals surface area contributed by atoms with Crippen molar-refractivity contribution in [2.45, 2.75) is 117 Å². The van der Waals surface area contributed by atoms with E-state index in [2.05, 4.69) is 15.6 Å². The number of thiocarbonyl (C=S) groups is 1. The van der Waals surface area contributed by atoms with Crippen LogP contribution in [0.1, 0.15) is 102 Å². The van der Waals surface area contributed by atoms with Gasteiger partial charge < -0.3 is 39.4 Å². The maximum atomic E-state index is 14.1. The number of oxazole rings is 1. The molecule has 2 saturated carbocycles. The molecule has 0 bridgehead atoms. The quantitative estimate of drug-likeness (QED) is 0.0974. The number of β-amino-alcohol motifs (C(OH)–C–C–N with tert-alkyl or cyclic N) is 1. The Morgan fingerprint density at radius 3 is 2.21 bits per heavy atom. The summed E-state index contributed by atoms with van der Waals surface area (Å²) in [7, 11) is 0. The molecule has 72 heavy (non-hydrogen) atoms. The Labute approximate surface area is 422 Å². The van der Waals surface area contributed by atoms with Gasteiger partial charge in [0.2, 0.25) is 17.7 Å². The summed E-state index contributed by atoms with van der Waals surface area (Å²) in [6.45, 7) is 13.1. The predicted molar refractivity (Wildman–Crippen MR) is 264 cm³/mol. The van der Waals surface area contributed by atoms with E-state index in [4.69, 9.17) is 26.1 Å². The second-order valence-electron chi connectivity index (χ2n) is 21.4. The number of ether oxygens (including phenoxy) is 2. The number of anilines is 2. The normalized spacial score (nSPS) is 23.6. The minimum Gasteiger partial charge on any atom is -0.493 e. The molecular formula is C53H60F3N7O8S. The number of nitriles is 1. The highest BCUT2D eigenvalue weighted by molar-refractivity contribution is 7.81. The van der Waals surface area contributed by atoms with Gasteiger partial charge in [-0.15, -0.1) is 0 Å². The van der Waals surface area contributed by atoms with Gasteiger partial charge in [-0.05, 0) is 136 Å². The van der Waals surface area contributed by atoms with Gasteiger partial charge in [0.1, 0.15) is 30.0 Å². The Hall–Kier alpha value is -6.36. The highest BCUT2D eigenvalue weighted by Crippen LogP contribution is 2.61. The van der Waals surface area contributed by atoms with E-state index < -0.39 is 76.1 Å². The van der Waals surface area contributed by atoms with E-state index in [9.17, 15) is 42.7 Å². The molecule has 2 saturated heterocycles. The fraction of sp³-hybridized carbons (Fsp3) is 0.491. The smallest absolute Gasteiger partial charge is 0.417 e. The molecule has 2 aliphatic heterocycles. The molecular weight excluding hydrogens is 952 g/mol. The van der Waals surface area contributed by atoms with Gasteiger partial charge >= 0.3 is 6.18 Å². The predicted octanol–water partition coefficient (Wildman–Crippen LogP) is 8.03. The highest BCUT2D eigenvalue weighted by atomic mass is 32.1. The molecule has 1 spiro atoms. The van der Waals surface area contributed by atoms with Crippen LogP contribution in [0, 0.1) is 40.9 Å². The van der Waals surface area contributed by atoms with Crippen molar-refractivity contribution >= 4 is 52.3 Å². The molecule has 382 valence electrons. The lowest BCUT2D eigenvalue weighted by molar-refractivity contribution is -0.145. The van der Waals surface area contributed by atoms with Gasteiger partial charge in [0, 0.05) is 24.2 Å². The Kier molecular flexibility index (Phi) is 14.4. The number of carbonyl (C=O) groups excluding carboxylic acids is 4. The zero-order valence-corrected chi connectivity index (χ0v) is 42.2. The standard InChI is InChI=1S/C53H60F3N7O8S/c1-30(34-8-10-35(11-9-34)44-31(2)58-29-71-44)59-46(66)42-19-39(64)25-61(42)47(67)45(50(3,4)5)60-43(65)28-69-26-32-20-52(21-32)22-33(23-52)27-70-40-16-14-37(15-17-40)63-49(72)62(48(68)51(63,6)7)38-13-12-36(24-57)41(18-38)53(54,55)56/h8-18,29-30,32-33,39,42,45,64H,19-23,25-28H2,1-7H3,(H,59,66)(H,60,65)/t30-,32?,33?,39+,42-,45?,52?/m0/s1. The van der Waals surface area contributed by atoms with Crippen LogP contribution in [0.4, 0.5) is 24.5 Å². The first-order valence-corrected chi connectivity index (χ1v) is 24.5. The maximum Gasteiger partial charge on any atom is 0.417 e. The largest absolute Gasteiger partial charge is 0.493 e. The first-order valence-electron chi connectivity index (χ1n) is 24.1. The first kappa shape index (κ1) is 52.0. The third kappa shape index (κ3) is 10.6. The number of halogens is 3. The zero-order chi connectivity index (χ0) is 52.1.